The zero-order valence-corrected chi connectivity index (χ0v) is 10.1. The first kappa shape index (κ1) is 12.9. The molecule has 0 saturated carbocycles. The van der Waals surface area contributed by atoms with Gasteiger partial charge in [-0.3, -0.25) is 4.79 Å². The van der Waals surface area contributed by atoms with Crippen LogP contribution in [0.4, 0.5) is 0 Å². The summed E-state index contributed by atoms with van der Waals surface area (Å²) in [5.74, 6) is 0.0703. The van der Waals surface area contributed by atoms with E-state index >= 15 is 0 Å². The van der Waals surface area contributed by atoms with E-state index in [-0.39, 0.29) is 11.7 Å². The Labute approximate surface area is 106 Å². The van der Waals surface area contributed by atoms with Crippen LogP contribution >= 0.6 is 0 Å². The van der Waals surface area contributed by atoms with Crippen molar-refractivity contribution in [3.63, 3.8) is 0 Å². The quantitative estimate of drug-likeness (QED) is 0.696. The largest absolute Gasteiger partial charge is 0.508 e. The molecule has 1 aromatic rings. The number of aromatic hydroxyl groups is 1. The number of nitrogens with zero attached hydrogens (tertiary/aromatic N) is 1. The molecule has 2 rings (SSSR count). The molecule has 0 spiro atoms. The minimum atomic E-state index is -0.597. The molecule has 2 atom stereocenters. The van der Waals surface area contributed by atoms with E-state index in [1.165, 1.54) is 0 Å². The summed E-state index contributed by atoms with van der Waals surface area (Å²) in [6.45, 7) is 0.950. The van der Waals surface area contributed by atoms with Gasteiger partial charge in [0.2, 0.25) is 5.91 Å². The highest BCUT2D eigenvalue weighted by Crippen LogP contribution is 2.14. The summed E-state index contributed by atoms with van der Waals surface area (Å²) >= 11 is 0. The summed E-state index contributed by atoms with van der Waals surface area (Å²) in [5.41, 5.74) is 6.79. The van der Waals surface area contributed by atoms with E-state index in [1.807, 2.05) is 0 Å². The Morgan fingerprint density at radius 1 is 1.44 bits per heavy atom. The number of likely N-dealkylation sites (tertiary alicyclic amines) is 1. The molecular weight excluding hydrogens is 232 g/mol. The predicted molar refractivity (Wildman–Crippen MR) is 67.0 cm³/mol. The summed E-state index contributed by atoms with van der Waals surface area (Å²) in [5, 5.41) is 18.6. The standard InChI is InChI=1S/C13H18N2O3/c14-12(7-9-1-3-10(16)4-2-9)13(18)15-6-5-11(17)8-15/h1-4,11-12,16-17H,5-8,14H2/t11-,12?/m0/s1. The number of hydrogen-bond donors (Lipinski definition) is 3. The van der Waals surface area contributed by atoms with E-state index in [9.17, 15) is 9.90 Å². The van der Waals surface area contributed by atoms with Crippen LogP contribution in [0.15, 0.2) is 24.3 Å². The zero-order chi connectivity index (χ0) is 13.1. The van der Waals surface area contributed by atoms with E-state index in [4.69, 9.17) is 10.8 Å². The van der Waals surface area contributed by atoms with Gasteiger partial charge in [-0.05, 0) is 30.5 Å². The van der Waals surface area contributed by atoms with Gasteiger partial charge in [0.1, 0.15) is 5.75 Å². The van der Waals surface area contributed by atoms with Gasteiger partial charge >= 0.3 is 0 Å². The van der Waals surface area contributed by atoms with E-state index in [0.29, 0.717) is 25.9 Å². The minimum Gasteiger partial charge on any atom is -0.508 e. The maximum Gasteiger partial charge on any atom is 0.239 e. The van der Waals surface area contributed by atoms with Crippen LogP contribution in [0, 0.1) is 0 Å². The second-order valence-electron chi connectivity index (χ2n) is 4.70. The Morgan fingerprint density at radius 3 is 2.67 bits per heavy atom. The van der Waals surface area contributed by atoms with Gasteiger partial charge in [0.25, 0.3) is 0 Å². The molecule has 0 aromatic heterocycles. The van der Waals surface area contributed by atoms with Gasteiger partial charge in [0.15, 0.2) is 0 Å². The Balaban J connectivity index is 1.93. The molecule has 4 N–H and O–H groups in total. The lowest BCUT2D eigenvalue weighted by atomic mass is 10.1. The van der Waals surface area contributed by atoms with Crippen LogP contribution in [0.2, 0.25) is 0 Å². The van der Waals surface area contributed by atoms with E-state index in [0.717, 1.165) is 5.56 Å². The molecule has 1 aliphatic heterocycles. The first-order chi connectivity index (χ1) is 8.56. The van der Waals surface area contributed by atoms with Crippen molar-refractivity contribution in [2.45, 2.75) is 25.0 Å². The van der Waals surface area contributed by atoms with E-state index < -0.39 is 12.1 Å². The summed E-state index contributed by atoms with van der Waals surface area (Å²) in [4.78, 5) is 13.6. The van der Waals surface area contributed by atoms with Gasteiger partial charge in [0.05, 0.1) is 12.1 Å². The number of aliphatic hydroxyl groups is 1. The molecular formula is C13H18N2O3. The number of phenolic OH excluding ortho intramolecular Hbond substituents is 1. The molecule has 0 radical (unpaired) electrons. The molecule has 18 heavy (non-hydrogen) atoms. The van der Waals surface area contributed by atoms with Gasteiger partial charge in [-0.1, -0.05) is 12.1 Å². The van der Waals surface area contributed by atoms with Crippen molar-refractivity contribution in [1.29, 1.82) is 0 Å². The molecule has 0 aliphatic carbocycles. The maximum atomic E-state index is 12.0. The number of carbonyl (C=O) groups excluding carboxylic acids is 1. The number of aliphatic hydroxyl groups excluding tert-OH is 1. The number of carbonyl (C=O) groups is 1. The van der Waals surface area contributed by atoms with Crippen LogP contribution in [0.3, 0.4) is 0 Å². The smallest absolute Gasteiger partial charge is 0.239 e. The molecule has 1 aromatic carbocycles. The number of phenols is 1. The summed E-state index contributed by atoms with van der Waals surface area (Å²) in [7, 11) is 0. The minimum absolute atomic E-state index is 0.125. The van der Waals surface area contributed by atoms with Gasteiger partial charge in [-0.15, -0.1) is 0 Å². The van der Waals surface area contributed by atoms with Crippen LogP contribution in [0.1, 0.15) is 12.0 Å². The average molecular weight is 250 g/mol. The Bertz CT molecular complexity index is 419. The molecule has 98 valence electrons. The summed E-state index contributed by atoms with van der Waals surface area (Å²) in [6, 6.07) is 6.06. The van der Waals surface area contributed by atoms with Gasteiger partial charge in [-0.25, -0.2) is 0 Å². The number of β-amino-alcohol motifs (C(OH)–C–C–N with tert-alkyl or cyclic N) is 1. The zero-order valence-electron chi connectivity index (χ0n) is 10.1. The lowest BCUT2D eigenvalue weighted by molar-refractivity contribution is -0.131. The van der Waals surface area contributed by atoms with Crippen molar-refractivity contribution in [3.05, 3.63) is 29.8 Å². The molecule has 1 saturated heterocycles. The fraction of sp³-hybridized carbons (Fsp3) is 0.462. The average Bonchev–Trinajstić information content (AvgIpc) is 2.78. The number of nitrogens with two attached hydrogens (primary N) is 1. The lowest BCUT2D eigenvalue weighted by Gasteiger charge is -2.20. The van der Waals surface area contributed by atoms with Crippen molar-refractivity contribution in [3.8, 4) is 5.75 Å². The van der Waals surface area contributed by atoms with Crippen LogP contribution in [-0.4, -0.2) is 46.3 Å². The summed E-state index contributed by atoms with van der Waals surface area (Å²) < 4.78 is 0. The third-order valence-electron chi connectivity index (χ3n) is 3.18. The molecule has 1 fully saturated rings. The third kappa shape index (κ3) is 3.00. The number of benzene rings is 1. The topological polar surface area (TPSA) is 86.8 Å². The van der Waals surface area contributed by atoms with Crippen molar-refractivity contribution in [2.75, 3.05) is 13.1 Å². The predicted octanol–water partition coefficient (Wildman–Crippen LogP) is -0.145. The Kier molecular flexibility index (Phi) is 3.84. The molecule has 0 bridgehead atoms. The van der Waals surface area contributed by atoms with Gasteiger partial charge in [0, 0.05) is 13.1 Å². The van der Waals surface area contributed by atoms with E-state index in [2.05, 4.69) is 0 Å². The first-order valence-electron chi connectivity index (χ1n) is 6.06. The van der Waals surface area contributed by atoms with Gasteiger partial charge < -0.3 is 20.8 Å². The molecule has 1 heterocycles. The monoisotopic (exact) mass is 250 g/mol. The molecule has 5 nitrogen and oxygen atoms in total. The van der Waals surface area contributed by atoms with Crippen LogP contribution < -0.4 is 5.73 Å². The number of rotatable bonds is 3. The Hall–Kier alpha value is -1.59. The highest BCUT2D eigenvalue weighted by Gasteiger charge is 2.28. The normalized spacial score (nSPS) is 21.0. The molecule has 1 amide bonds. The number of amides is 1. The summed E-state index contributed by atoms with van der Waals surface area (Å²) in [6.07, 6.45) is 0.637. The van der Waals surface area contributed by atoms with Crippen LogP contribution in [0.5, 0.6) is 5.75 Å². The van der Waals surface area contributed by atoms with Crippen molar-refractivity contribution in [1.82, 2.24) is 4.90 Å². The first-order valence-corrected chi connectivity index (χ1v) is 6.06. The third-order valence-corrected chi connectivity index (χ3v) is 3.18. The van der Waals surface area contributed by atoms with Crippen molar-refractivity contribution < 1.29 is 15.0 Å². The van der Waals surface area contributed by atoms with Crippen molar-refractivity contribution in [2.24, 2.45) is 5.73 Å². The molecule has 1 aliphatic rings. The second-order valence-corrected chi connectivity index (χ2v) is 4.70. The fourth-order valence-corrected chi connectivity index (χ4v) is 2.15. The number of hydrogen-bond acceptors (Lipinski definition) is 4. The second kappa shape index (κ2) is 5.37. The highest BCUT2D eigenvalue weighted by molar-refractivity contribution is 5.82. The van der Waals surface area contributed by atoms with Gasteiger partial charge in [-0.2, -0.15) is 0 Å². The molecule has 1 unspecified atom stereocenters. The fourth-order valence-electron chi connectivity index (χ4n) is 2.15. The SMILES string of the molecule is NC(Cc1ccc(O)cc1)C(=O)N1CC[C@H](O)C1. The van der Waals surface area contributed by atoms with E-state index in [1.54, 1.807) is 29.2 Å². The molecule has 5 heteroatoms. The van der Waals surface area contributed by atoms with Crippen molar-refractivity contribution >= 4 is 5.91 Å². The van der Waals surface area contributed by atoms with Crippen LogP contribution in [-0.2, 0) is 11.2 Å². The lowest BCUT2D eigenvalue weighted by Crippen LogP contribution is -2.44. The maximum absolute atomic E-state index is 12.0. The van der Waals surface area contributed by atoms with Crippen LogP contribution in [0.25, 0.3) is 0 Å². The Morgan fingerprint density at radius 2 is 2.11 bits per heavy atom. The highest BCUT2D eigenvalue weighted by atomic mass is 16.3.